The molecule has 1 amide bonds. The molecule has 0 saturated carbocycles. The van der Waals surface area contributed by atoms with Crippen LogP contribution in [0.5, 0.6) is 5.75 Å². The molecular weight excluding hydrogens is 510 g/mol. The molecule has 1 heterocycles. The van der Waals surface area contributed by atoms with Crippen LogP contribution in [0.15, 0.2) is 41.2 Å². The van der Waals surface area contributed by atoms with Gasteiger partial charge < -0.3 is 10.4 Å². The lowest BCUT2D eigenvalue weighted by molar-refractivity contribution is 0.0942. The summed E-state index contributed by atoms with van der Waals surface area (Å²) in [4.78, 5) is 29.4. The Kier molecular flexibility index (Phi) is 7.20. The molecule has 0 saturated heterocycles. The highest BCUT2D eigenvalue weighted by Crippen LogP contribution is 2.33. The van der Waals surface area contributed by atoms with Crippen molar-refractivity contribution in [2.24, 2.45) is 7.05 Å². The lowest BCUT2D eigenvalue weighted by Gasteiger charge is -2.21. The van der Waals surface area contributed by atoms with Gasteiger partial charge in [-0.2, -0.15) is 0 Å². The van der Waals surface area contributed by atoms with Crippen LogP contribution in [0.25, 0.3) is 11.4 Å². The summed E-state index contributed by atoms with van der Waals surface area (Å²) in [5, 5.41) is 13.4. The van der Waals surface area contributed by atoms with Crippen molar-refractivity contribution < 1.29 is 22.7 Å². The topological polar surface area (TPSA) is 122 Å². The van der Waals surface area contributed by atoms with Crippen LogP contribution in [-0.4, -0.2) is 42.3 Å². The summed E-state index contributed by atoms with van der Waals surface area (Å²) in [6.07, 6.45) is 0.923. The van der Waals surface area contributed by atoms with Gasteiger partial charge in [0.25, 0.3) is 11.5 Å². The van der Waals surface area contributed by atoms with Crippen molar-refractivity contribution in [3.8, 4) is 17.1 Å². The lowest BCUT2D eigenvalue weighted by Crippen LogP contribution is -2.30. The van der Waals surface area contributed by atoms with E-state index in [1.54, 1.807) is 6.07 Å². The molecule has 34 heavy (non-hydrogen) atoms. The third-order valence-electron chi connectivity index (χ3n) is 4.97. The molecule has 0 aliphatic heterocycles. The number of sulfonamides is 1. The van der Waals surface area contributed by atoms with E-state index >= 15 is 0 Å². The van der Waals surface area contributed by atoms with Crippen LogP contribution in [0.4, 0.5) is 10.1 Å². The second kappa shape index (κ2) is 9.61. The predicted octanol–water partition coefficient (Wildman–Crippen LogP) is 2.92. The molecule has 180 valence electrons. The number of carbonyl (C=O) groups is 1. The highest BCUT2D eigenvalue weighted by Gasteiger charge is 2.26. The molecule has 1 aromatic heterocycles. The van der Waals surface area contributed by atoms with Crippen LogP contribution in [0, 0.1) is 5.82 Å². The van der Waals surface area contributed by atoms with Crippen molar-refractivity contribution in [1.29, 1.82) is 0 Å². The van der Waals surface area contributed by atoms with E-state index in [2.05, 4.69) is 10.3 Å². The molecule has 3 rings (SSSR count). The van der Waals surface area contributed by atoms with Crippen LogP contribution >= 0.6 is 23.2 Å². The molecule has 2 aromatic carbocycles. The van der Waals surface area contributed by atoms with Gasteiger partial charge in [0.15, 0.2) is 5.69 Å². The fraction of sp³-hybridized carbons (Fsp3) is 0.190. The van der Waals surface area contributed by atoms with E-state index < -0.39 is 38.8 Å². The average Bonchev–Trinajstić information content (AvgIpc) is 2.77. The first-order chi connectivity index (χ1) is 15.8. The maximum absolute atomic E-state index is 14.9. The van der Waals surface area contributed by atoms with Crippen molar-refractivity contribution in [1.82, 2.24) is 14.9 Å². The van der Waals surface area contributed by atoms with Crippen LogP contribution in [0.3, 0.4) is 0 Å². The van der Waals surface area contributed by atoms with E-state index in [9.17, 15) is 27.5 Å². The molecule has 0 spiro atoms. The van der Waals surface area contributed by atoms with Crippen molar-refractivity contribution in [3.05, 3.63) is 73.9 Å². The summed E-state index contributed by atoms with van der Waals surface area (Å²) in [5.41, 5.74) is -1.56. The molecule has 13 heteroatoms. The van der Waals surface area contributed by atoms with Gasteiger partial charge in [-0.1, -0.05) is 35.3 Å². The Labute approximate surface area is 204 Å². The average molecular weight is 529 g/mol. The Bertz CT molecular complexity index is 1460. The third kappa shape index (κ3) is 5.01. The second-order valence-corrected chi connectivity index (χ2v) is 10.1. The zero-order valence-corrected chi connectivity index (χ0v) is 20.5. The molecular formula is C21H19Cl2FN4O5S. The van der Waals surface area contributed by atoms with Gasteiger partial charge in [-0.15, -0.1) is 0 Å². The summed E-state index contributed by atoms with van der Waals surface area (Å²) >= 11 is 11.8. The summed E-state index contributed by atoms with van der Waals surface area (Å²) in [5.74, 6) is -3.11. The van der Waals surface area contributed by atoms with Gasteiger partial charge in [-0.25, -0.2) is 17.8 Å². The van der Waals surface area contributed by atoms with E-state index in [0.717, 1.165) is 21.2 Å². The molecule has 0 aliphatic carbocycles. The van der Waals surface area contributed by atoms with Gasteiger partial charge in [0.05, 0.1) is 27.6 Å². The number of hydrogen-bond acceptors (Lipinski definition) is 6. The molecule has 2 N–H and O–H groups in total. The van der Waals surface area contributed by atoms with E-state index in [4.69, 9.17) is 23.2 Å². The molecule has 0 bridgehead atoms. The Balaban J connectivity index is 2.09. The van der Waals surface area contributed by atoms with Crippen LogP contribution < -0.4 is 15.2 Å². The number of nitrogens with zero attached hydrogens (tertiary/aromatic N) is 3. The minimum Gasteiger partial charge on any atom is -0.501 e. The smallest absolute Gasteiger partial charge is 0.296 e. The number of hydrogen-bond donors (Lipinski definition) is 2. The first kappa shape index (κ1) is 25.5. The zero-order chi connectivity index (χ0) is 25.4. The molecule has 0 aliphatic rings. The highest BCUT2D eigenvalue weighted by molar-refractivity contribution is 7.92. The molecule has 0 unspecified atom stereocenters. The van der Waals surface area contributed by atoms with Gasteiger partial charge in [0, 0.05) is 20.6 Å². The fourth-order valence-electron chi connectivity index (χ4n) is 3.06. The number of halogens is 3. The van der Waals surface area contributed by atoms with Gasteiger partial charge in [-0.3, -0.25) is 18.5 Å². The highest BCUT2D eigenvalue weighted by atomic mass is 35.5. The lowest BCUT2D eigenvalue weighted by atomic mass is 10.1. The van der Waals surface area contributed by atoms with Crippen molar-refractivity contribution in [2.75, 3.05) is 17.6 Å². The Morgan fingerprint density at radius 1 is 1.24 bits per heavy atom. The minimum atomic E-state index is -3.80. The largest absolute Gasteiger partial charge is 0.501 e. The Morgan fingerprint density at radius 3 is 2.53 bits per heavy atom. The molecule has 3 aromatic rings. The van der Waals surface area contributed by atoms with Gasteiger partial charge >= 0.3 is 0 Å². The van der Waals surface area contributed by atoms with E-state index in [0.29, 0.717) is 10.6 Å². The summed E-state index contributed by atoms with van der Waals surface area (Å²) in [6, 6.07) is 8.35. The van der Waals surface area contributed by atoms with Crippen LogP contribution in [0.2, 0.25) is 10.0 Å². The van der Waals surface area contributed by atoms with Crippen LogP contribution in [0.1, 0.15) is 16.1 Å². The molecule has 0 atom stereocenters. The summed E-state index contributed by atoms with van der Waals surface area (Å²) in [7, 11) is -1.39. The van der Waals surface area contributed by atoms with Crippen molar-refractivity contribution in [2.45, 2.75) is 6.54 Å². The summed E-state index contributed by atoms with van der Waals surface area (Å²) < 4.78 is 40.7. The number of aromatic nitrogens is 2. The molecule has 9 nitrogen and oxygen atoms in total. The maximum atomic E-state index is 14.9. The number of nitrogens with one attached hydrogen (secondary N) is 1. The van der Waals surface area contributed by atoms with Crippen LogP contribution in [-0.2, 0) is 23.6 Å². The standard InChI is InChI=1S/C21H19Cl2FN4O5S/c1-27-19(16-14(24)5-4-6-15(16)28(2)34(3,32)33)26-17(18(29)21(27)31)20(30)25-10-11-7-8-12(22)13(23)9-11/h4-9,29H,10H2,1-3H3,(H,25,30). The predicted molar refractivity (Wildman–Crippen MR) is 127 cm³/mol. The number of carbonyl (C=O) groups excluding carboxylic acids is 1. The Hall–Kier alpha value is -3.15. The van der Waals surface area contributed by atoms with Crippen molar-refractivity contribution in [3.63, 3.8) is 0 Å². The van der Waals surface area contributed by atoms with Gasteiger partial charge in [-0.05, 0) is 29.8 Å². The second-order valence-electron chi connectivity index (χ2n) is 7.29. The SMILES string of the molecule is CN(c1cccc(F)c1-c1nc(C(=O)NCc2ccc(Cl)c(Cl)c2)c(O)c(=O)n1C)S(C)(=O)=O. The minimum absolute atomic E-state index is 0.0385. The first-order valence-electron chi connectivity index (χ1n) is 9.57. The molecule has 0 fully saturated rings. The number of amides is 1. The quantitative estimate of drug-likeness (QED) is 0.507. The number of benzene rings is 2. The molecule has 0 radical (unpaired) electrons. The number of aromatic hydroxyl groups is 1. The van der Waals surface area contributed by atoms with Gasteiger partial charge in [0.2, 0.25) is 15.8 Å². The zero-order valence-electron chi connectivity index (χ0n) is 18.1. The fourth-order valence-corrected chi connectivity index (χ4v) is 3.89. The summed E-state index contributed by atoms with van der Waals surface area (Å²) in [6.45, 7) is -0.0385. The normalized spacial score (nSPS) is 11.4. The van der Waals surface area contributed by atoms with Gasteiger partial charge in [0.1, 0.15) is 11.6 Å². The van der Waals surface area contributed by atoms with E-state index in [-0.39, 0.29) is 28.6 Å². The maximum Gasteiger partial charge on any atom is 0.296 e. The Morgan fingerprint density at radius 2 is 1.91 bits per heavy atom. The number of anilines is 1. The first-order valence-corrected chi connectivity index (χ1v) is 12.2. The van der Waals surface area contributed by atoms with E-state index in [1.807, 2.05) is 0 Å². The third-order valence-corrected chi connectivity index (χ3v) is 6.90. The number of rotatable bonds is 6. The van der Waals surface area contributed by atoms with E-state index in [1.165, 1.54) is 38.4 Å². The monoisotopic (exact) mass is 528 g/mol. The van der Waals surface area contributed by atoms with Crippen molar-refractivity contribution >= 4 is 44.8 Å².